The normalized spacial score (nSPS) is 16.3. The number of rotatable bonds is 6. The minimum atomic E-state index is -4.20. The van der Waals surface area contributed by atoms with E-state index in [1.165, 1.54) is 11.0 Å². The summed E-state index contributed by atoms with van der Waals surface area (Å²) in [7, 11) is -2.27. The lowest BCUT2D eigenvalue weighted by atomic mass is 10.1. The molecule has 9 nitrogen and oxygen atoms in total. The third-order valence-electron chi connectivity index (χ3n) is 5.13. The molecule has 30 heavy (non-hydrogen) atoms. The van der Waals surface area contributed by atoms with E-state index in [1.54, 1.807) is 43.5 Å². The molecule has 1 atom stereocenters. The molecule has 1 saturated heterocycles. The molecule has 1 aliphatic heterocycles. The van der Waals surface area contributed by atoms with E-state index in [0.717, 1.165) is 0 Å². The Hall–Kier alpha value is -2.82. The van der Waals surface area contributed by atoms with Crippen LogP contribution in [0, 0.1) is 6.92 Å². The molecule has 0 radical (unpaired) electrons. The fourth-order valence-electron chi connectivity index (χ4n) is 3.36. The monoisotopic (exact) mass is 431 g/mol. The lowest BCUT2D eigenvalue weighted by Crippen LogP contribution is -2.58. The zero-order valence-corrected chi connectivity index (χ0v) is 17.7. The number of aromatic nitrogens is 1. The number of primary amides is 1. The van der Waals surface area contributed by atoms with Crippen LogP contribution in [0.15, 0.2) is 47.5 Å². The van der Waals surface area contributed by atoms with Crippen LogP contribution in [0.1, 0.15) is 5.56 Å². The van der Waals surface area contributed by atoms with E-state index in [2.05, 4.69) is 9.71 Å². The van der Waals surface area contributed by atoms with Gasteiger partial charge in [0.15, 0.2) is 6.04 Å². The van der Waals surface area contributed by atoms with Gasteiger partial charge in [0, 0.05) is 37.9 Å². The van der Waals surface area contributed by atoms with Gasteiger partial charge < -0.3 is 15.5 Å². The van der Waals surface area contributed by atoms with Crippen molar-refractivity contribution in [2.45, 2.75) is 17.9 Å². The minimum Gasteiger partial charge on any atom is -0.368 e. The smallest absolute Gasteiger partial charge is 0.250 e. The molecule has 0 bridgehead atoms. The van der Waals surface area contributed by atoms with Crippen LogP contribution >= 0.6 is 0 Å². The van der Waals surface area contributed by atoms with Crippen molar-refractivity contribution in [3.63, 3.8) is 0 Å². The van der Waals surface area contributed by atoms with E-state index < -0.39 is 27.9 Å². The third kappa shape index (κ3) is 4.66. The molecule has 1 aromatic heterocycles. The summed E-state index contributed by atoms with van der Waals surface area (Å²) in [6.45, 7) is 3.72. The number of hydrogen-bond acceptors (Lipinski definition) is 6. The van der Waals surface area contributed by atoms with Crippen molar-refractivity contribution >= 4 is 21.8 Å². The molecule has 1 aromatic carbocycles. The lowest BCUT2D eigenvalue weighted by Gasteiger charge is -2.34. The van der Waals surface area contributed by atoms with Crippen molar-refractivity contribution in [3.05, 3.63) is 48.2 Å². The summed E-state index contributed by atoms with van der Waals surface area (Å²) in [6.07, 6.45) is 1.62. The summed E-state index contributed by atoms with van der Waals surface area (Å²) in [4.78, 5) is 32.5. The van der Waals surface area contributed by atoms with Gasteiger partial charge in [0.2, 0.25) is 15.9 Å². The average Bonchev–Trinajstić information content (AvgIpc) is 2.72. The predicted molar refractivity (Wildman–Crippen MR) is 112 cm³/mol. The molecule has 3 rings (SSSR count). The fraction of sp³-hybridized carbons (Fsp3) is 0.350. The number of nitrogens with one attached hydrogen (secondary N) is 1. The molecule has 0 unspecified atom stereocenters. The van der Waals surface area contributed by atoms with Gasteiger partial charge in [-0.25, -0.2) is 8.42 Å². The number of piperazine rings is 1. The van der Waals surface area contributed by atoms with Gasteiger partial charge in [0.05, 0.1) is 10.6 Å². The van der Waals surface area contributed by atoms with Crippen LogP contribution < -0.4 is 10.5 Å². The van der Waals surface area contributed by atoms with Crippen LogP contribution in [-0.4, -0.2) is 74.3 Å². The number of nitrogens with two attached hydrogens (primary N) is 1. The molecule has 0 aliphatic carbocycles. The number of carbonyl (C=O) groups is 2. The van der Waals surface area contributed by atoms with Crippen LogP contribution in [0.5, 0.6) is 0 Å². The molecular formula is C20H25N5O4S. The van der Waals surface area contributed by atoms with Crippen molar-refractivity contribution in [1.29, 1.82) is 0 Å². The molecular weight excluding hydrogens is 406 g/mol. The van der Waals surface area contributed by atoms with E-state index in [-0.39, 0.29) is 4.90 Å². The third-order valence-corrected chi connectivity index (χ3v) is 6.70. The molecule has 1 aliphatic rings. The standard InChI is InChI=1S/C20H25N5O4S/c1-14-15(16-7-3-4-9-22-16)6-5-8-17(14)30(28,29)23-18(19(21)26)20(27)25-12-10-24(2)11-13-25/h3-9,18,23H,10-13H2,1-2H3,(H2,21,26)/t18-/m0/s1. The van der Waals surface area contributed by atoms with Crippen LogP contribution in [-0.2, 0) is 19.6 Å². The SMILES string of the molecule is Cc1c(-c2ccccn2)cccc1S(=O)(=O)N[C@@H](C(N)=O)C(=O)N1CCN(C)CC1. The summed E-state index contributed by atoms with van der Waals surface area (Å²) in [6, 6.07) is 8.44. The van der Waals surface area contributed by atoms with Crippen LogP contribution in [0.2, 0.25) is 0 Å². The van der Waals surface area contributed by atoms with Crippen molar-refractivity contribution in [2.24, 2.45) is 5.73 Å². The first-order chi connectivity index (χ1) is 14.2. The molecule has 0 spiro atoms. The summed E-state index contributed by atoms with van der Waals surface area (Å²) in [5.74, 6) is -1.68. The van der Waals surface area contributed by atoms with Crippen molar-refractivity contribution < 1.29 is 18.0 Å². The Bertz CT molecular complexity index is 1030. The second-order valence-corrected chi connectivity index (χ2v) is 8.91. The maximum Gasteiger partial charge on any atom is 0.250 e. The van der Waals surface area contributed by atoms with Crippen LogP contribution in [0.25, 0.3) is 11.3 Å². The number of likely N-dealkylation sites (N-methyl/N-ethyl adjacent to an activating group) is 1. The summed E-state index contributed by atoms with van der Waals surface area (Å²) in [5, 5.41) is 0. The molecule has 2 aromatic rings. The summed E-state index contributed by atoms with van der Waals surface area (Å²) < 4.78 is 28.4. The van der Waals surface area contributed by atoms with Crippen molar-refractivity contribution in [3.8, 4) is 11.3 Å². The molecule has 3 N–H and O–H groups in total. The molecule has 2 heterocycles. The van der Waals surface area contributed by atoms with Gasteiger partial charge in [-0.2, -0.15) is 4.72 Å². The second-order valence-electron chi connectivity index (χ2n) is 7.23. The van der Waals surface area contributed by atoms with E-state index in [0.29, 0.717) is 43.0 Å². The quantitative estimate of drug-likeness (QED) is 0.619. The number of sulfonamides is 1. The van der Waals surface area contributed by atoms with Gasteiger partial charge in [0.25, 0.3) is 5.91 Å². The van der Waals surface area contributed by atoms with Crippen molar-refractivity contribution in [2.75, 3.05) is 33.2 Å². The number of benzene rings is 1. The molecule has 160 valence electrons. The number of nitrogens with zero attached hydrogens (tertiary/aromatic N) is 3. The number of pyridine rings is 1. The highest BCUT2D eigenvalue weighted by Gasteiger charge is 2.35. The molecule has 10 heteroatoms. The van der Waals surface area contributed by atoms with Gasteiger partial charge in [0.1, 0.15) is 0 Å². The highest BCUT2D eigenvalue weighted by molar-refractivity contribution is 7.89. The predicted octanol–water partition coefficient (Wildman–Crippen LogP) is -0.0368. The number of carbonyl (C=O) groups excluding carboxylic acids is 2. The summed E-state index contributed by atoms with van der Waals surface area (Å²) in [5.41, 5.74) is 7.10. The Morgan fingerprint density at radius 3 is 2.40 bits per heavy atom. The zero-order valence-electron chi connectivity index (χ0n) is 16.9. The molecule has 1 fully saturated rings. The largest absolute Gasteiger partial charge is 0.368 e. The zero-order chi connectivity index (χ0) is 21.9. The Labute approximate surface area is 175 Å². The van der Waals surface area contributed by atoms with Gasteiger partial charge in [-0.3, -0.25) is 14.6 Å². The van der Waals surface area contributed by atoms with Gasteiger partial charge in [-0.05, 0) is 37.7 Å². The second kappa shape index (κ2) is 8.90. The van der Waals surface area contributed by atoms with E-state index in [4.69, 9.17) is 5.73 Å². The first-order valence-electron chi connectivity index (χ1n) is 9.50. The maximum absolute atomic E-state index is 13.1. The van der Waals surface area contributed by atoms with Crippen LogP contribution in [0.3, 0.4) is 0 Å². The highest BCUT2D eigenvalue weighted by atomic mass is 32.2. The molecule has 2 amide bonds. The maximum atomic E-state index is 13.1. The van der Waals surface area contributed by atoms with Gasteiger partial charge in [-0.1, -0.05) is 18.2 Å². The van der Waals surface area contributed by atoms with E-state index in [9.17, 15) is 18.0 Å². The summed E-state index contributed by atoms with van der Waals surface area (Å²) >= 11 is 0. The Morgan fingerprint density at radius 1 is 1.10 bits per heavy atom. The van der Waals surface area contributed by atoms with Crippen LogP contribution in [0.4, 0.5) is 0 Å². The number of amides is 2. The Kier molecular flexibility index (Phi) is 6.49. The Balaban J connectivity index is 1.89. The fourth-order valence-corrected chi connectivity index (χ4v) is 4.79. The number of hydrogen-bond donors (Lipinski definition) is 2. The van der Waals surface area contributed by atoms with E-state index in [1.807, 2.05) is 11.9 Å². The minimum absolute atomic E-state index is 0.0388. The average molecular weight is 432 g/mol. The van der Waals surface area contributed by atoms with Gasteiger partial charge in [-0.15, -0.1) is 0 Å². The van der Waals surface area contributed by atoms with Crippen molar-refractivity contribution in [1.82, 2.24) is 19.5 Å². The first-order valence-corrected chi connectivity index (χ1v) is 11.0. The highest BCUT2D eigenvalue weighted by Crippen LogP contribution is 2.26. The lowest BCUT2D eigenvalue weighted by molar-refractivity contribution is -0.138. The first kappa shape index (κ1) is 21.9. The van der Waals surface area contributed by atoms with Gasteiger partial charge >= 0.3 is 0 Å². The molecule has 0 saturated carbocycles. The topological polar surface area (TPSA) is 126 Å². The van der Waals surface area contributed by atoms with E-state index >= 15 is 0 Å². The Morgan fingerprint density at radius 2 is 1.80 bits per heavy atom.